The fourth-order valence-electron chi connectivity index (χ4n) is 1.74. The Labute approximate surface area is 104 Å². The van der Waals surface area contributed by atoms with Crippen molar-refractivity contribution in [2.45, 2.75) is 20.8 Å². The van der Waals surface area contributed by atoms with E-state index in [0.29, 0.717) is 6.54 Å². The van der Waals surface area contributed by atoms with Crippen LogP contribution < -0.4 is 5.32 Å². The zero-order valence-electron chi connectivity index (χ0n) is 10.5. The van der Waals surface area contributed by atoms with Crippen molar-refractivity contribution in [1.82, 2.24) is 14.8 Å². The summed E-state index contributed by atoms with van der Waals surface area (Å²) in [7, 11) is 0. The second-order valence-corrected chi connectivity index (χ2v) is 3.99. The summed E-state index contributed by atoms with van der Waals surface area (Å²) < 4.78 is 28.6. The van der Waals surface area contributed by atoms with E-state index in [1.165, 1.54) is 4.68 Å². The minimum atomic E-state index is -0.736. The molecule has 0 aliphatic carbocycles. The molecule has 0 aromatic carbocycles. The van der Waals surface area contributed by atoms with Gasteiger partial charge in [0.1, 0.15) is 0 Å². The Hall–Kier alpha value is -1.98. The van der Waals surface area contributed by atoms with E-state index in [-0.39, 0.29) is 11.6 Å². The van der Waals surface area contributed by atoms with Crippen LogP contribution in [0.25, 0.3) is 5.82 Å². The van der Waals surface area contributed by atoms with Crippen LogP contribution in [0.3, 0.4) is 0 Å². The molecule has 0 radical (unpaired) electrons. The van der Waals surface area contributed by atoms with Gasteiger partial charge in [-0.3, -0.25) is 0 Å². The zero-order chi connectivity index (χ0) is 13.3. The Morgan fingerprint density at radius 2 is 1.94 bits per heavy atom. The van der Waals surface area contributed by atoms with Crippen molar-refractivity contribution in [1.29, 1.82) is 0 Å². The van der Waals surface area contributed by atoms with Crippen LogP contribution in [0.15, 0.2) is 12.1 Å². The number of hydrogen-bond donors (Lipinski definition) is 1. The molecule has 18 heavy (non-hydrogen) atoms. The predicted molar refractivity (Wildman–Crippen MR) is 64.9 cm³/mol. The quantitative estimate of drug-likeness (QED) is 0.913. The molecule has 2 heterocycles. The lowest BCUT2D eigenvalue weighted by molar-refractivity contribution is 0.561. The van der Waals surface area contributed by atoms with Crippen LogP contribution >= 0.6 is 0 Å². The Balaban J connectivity index is 2.56. The van der Waals surface area contributed by atoms with Crippen LogP contribution in [0.2, 0.25) is 0 Å². The van der Waals surface area contributed by atoms with Crippen LogP contribution in [0.5, 0.6) is 0 Å². The normalized spacial score (nSPS) is 10.7. The molecule has 4 nitrogen and oxygen atoms in total. The van der Waals surface area contributed by atoms with E-state index in [4.69, 9.17) is 0 Å². The Morgan fingerprint density at radius 3 is 2.50 bits per heavy atom. The van der Waals surface area contributed by atoms with Gasteiger partial charge in [0.2, 0.25) is 0 Å². The highest BCUT2D eigenvalue weighted by atomic mass is 19.1. The highest BCUT2D eigenvalue weighted by molar-refractivity contribution is 5.42. The number of aryl methyl sites for hydroxylation is 2. The lowest BCUT2D eigenvalue weighted by Gasteiger charge is -2.09. The molecule has 0 saturated carbocycles. The number of halogens is 2. The van der Waals surface area contributed by atoms with Gasteiger partial charge in [-0.25, -0.2) is 18.4 Å². The van der Waals surface area contributed by atoms with E-state index in [1.54, 1.807) is 19.9 Å². The maximum Gasteiger partial charge on any atom is 0.192 e. The van der Waals surface area contributed by atoms with Crippen molar-refractivity contribution in [2.24, 2.45) is 0 Å². The van der Waals surface area contributed by atoms with Crippen molar-refractivity contribution in [3.8, 4) is 5.82 Å². The fourth-order valence-corrected chi connectivity index (χ4v) is 1.74. The number of nitrogens with zero attached hydrogens (tertiary/aromatic N) is 3. The van der Waals surface area contributed by atoms with E-state index in [0.717, 1.165) is 17.5 Å². The maximum absolute atomic E-state index is 13.8. The first-order valence-corrected chi connectivity index (χ1v) is 5.66. The molecular weight excluding hydrogens is 238 g/mol. The Kier molecular flexibility index (Phi) is 3.27. The average Bonchev–Trinajstić information content (AvgIpc) is 2.62. The molecular formula is C12H14F2N4. The Morgan fingerprint density at radius 1 is 1.22 bits per heavy atom. The first kappa shape index (κ1) is 12.5. The third kappa shape index (κ3) is 2.18. The summed E-state index contributed by atoms with van der Waals surface area (Å²) in [6, 6.07) is 2.62. The number of pyridine rings is 1. The van der Waals surface area contributed by atoms with Crippen LogP contribution in [-0.4, -0.2) is 21.3 Å². The van der Waals surface area contributed by atoms with E-state index in [2.05, 4.69) is 15.4 Å². The summed E-state index contributed by atoms with van der Waals surface area (Å²) in [4.78, 5) is 3.95. The lowest BCUT2D eigenvalue weighted by atomic mass is 10.3. The van der Waals surface area contributed by atoms with Crippen LogP contribution in [0.1, 0.15) is 18.3 Å². The highest BCUT2D eigenvalue weighted by Gasteiger charge is 2.15. The summed E-state index contributed by atoms with van der Waals surface area (Å²) in [5.74, 6) is -1.42. The third-order valence-electron chi connectivity index (χ3n) is 2.47. The SMILES string of the molecule is CCNc1nc(-n2nc(C)cc2C)c(F)cc1F. The molecule has 0 fully saturated rings. The number of hydrogen-bond acceptors (Lipinski definition) is 3. The van der Waals surface area contributed by atoms with Crippen LogP contribution in [0.4, 0.5) is 14.6 Å². The zero-order valence-corrected chi connectivity index (χ0v) is 10.5. The van der Waals surface area contributed by atoms with E-state index in [1.807, 2.05) is 6.92 Å². The second kappa shape index (κ2) is 4.72. The van der Waals surface area contributed by atoms with Gasteiger partial charge in [-0.2, -0.15) is 5.10 Å². The van der Waals surface area contributed by atoms with Crippen LogP contribution in [0, 0.1) is 25.5 Å². The van der Waals surface area contributed by atoms with Gasteiger partial charge in [-0.05, 0) is 26.8 Å². The number of anilines is 1. The highest BCUT2D eigenvalue weighted by Crippen LogP contribution is 2.19. The van der Waals surface area contributed by atoms with Gasteiger partial charge in [0, 0.05) is 18.3 Å². The third-order valence-corrected chi connectivity index (χ3v) is 2.47. The van der Waals surface area contributed by atoms with Crippen molar-refractivity contribution < 1.29 is 8.78 Å². The molecule has 0 bridgehead atoms. The number of rotatable bonds is 3. The molecule has 0 amide bonds. The maximum atomic E-state index is 13.8. The minimum Gasteiger partial charge on any atom is -0.368 e. The van der Waals surface area contributed by atoms with Gasteiger partial charge in [0.25, 0.3) is 0 Å². The van der Waals surface area contributed by atoms with Crippen molar-refractivity contribution >= 4 is 5.82 Å². The van der Waals surface area contributed by atoms with Gasteiger partial charge in [-0.1, -0.05) is 0 Å². The van der Waals surface area contributed by atoms with Gasteiger partial charge in [0.15, 0.2) is 23.3 Å². The summed E-state index contributed by atoms with van der Waals surface area (Å²) in [6.45, 7) is 5.91. The summed E-state index contributed by atoms with van der Waals surface area (Å²) in [6.07, 6.45) is 0. The summed E-state index contributed by atoms with van der Waals surface area (Å²) in [5.41, 5.74) is 1.50. The standard InChI is InChI=1S/C12H14F2N4/c1-4-15-11-9(13)6-10(14)12(16-11)18-8(3)5-7(2)17-18/h5-6H,4H2,1-3H3,(H,15,16). The monoisotopic (exact) mass is 252 g/mol. The van der Waals surface area contributed by atoms with Gasteiger partial charge in [0.05, 0.1) is 5.69 Å². The first-order chi connectivity index (χ1) is 8.52. The van der Waals surface area contributed by atoms with Crippen LogP contribution in [-0.2, 0) is 0 Å². The molecule has 96 valence electrons. The molecule has 0 saturated heterocycles. The number of nitrogens with one attached hydrogen (secondary N) is 1. The van der Waals surface area contributed by atoms with Gasteiger partial charge < -0.3 is 5.32 Å². The largest absolute Gasteiger partial charge is 0.368 e. The second-order valence-electron chi connectivity index (χ2n) is 3.99. The smallest absolute Gasteiger partial charge is 0.192 e. The van der Waals surface area contributed by atoms with Crippen molar-refractivity contribution in [3.63, 3.8) is 0 Å². The molecule has 2 aromatic heterocycles. The first-order valence-electron chi connectivity index (χ1n) is 5.66. The van der Waals surface area contributed by atoms with E-state index in [9.17, 15) is 8.78 Å². The summed E-state index contributed by atoms with van der Waals surface area (Å²) >= 11 is 0. The molecule has 6 heteroatoms. The molecule has 0 spiro atoms. The van der Waals surface area contributed by atoms with Gasteiger partial charge in [-0.15, -0.1) is 0 Å². The molecule has 0 unspecified atom stereocenters. The Bertz CT molecular complexity index is 578. The van der Waals surface area contributed by atoms with Crippen molar-refractivity contribution in [3.05, 3.63) is 35.2 Å². The lowest BCUT2D eigenvalue weighted by Crippen LogP contribution is -2.10. The van der Waals surface area contributed by atoms with Crippen molar-refractivity contribution in [2.75, 3.05) is 11.9 Å². The molecule has 0 atom stereocenters. The molecule has 2 aromatic rings. The molecule has 2 rings (SSSR count). The minimum absolute atomic E-state index is 0.00190. The average molecular weight is 252 g/mol. The topological polar surface area (TPSA) is 42.7 Å². The fraction of sp³-hybridized carbons (Fsp3) is 0.333. The number of aromatic nitrogens is 3. The van der Waals surface area contributed by atoms with E-state index < -0.39 is 11.6 Å². The summed E-state index contributed by atoms with van der Waals surface area (Å²) in [5, 5.41) is 6.88. The molecule has 0 aliphatic heterocycles. The molecule has 0 aliphatic rings. The molecule has 1 N–H and O–H groups in total. The van der Waals surface area contributed by atoms with Gasteiger partial charge >= 0.3 is 0 Å². The predicted octanol–water partition coefficient (Wildman–Crippen LogP) is 2.59. The van der Waals surface area contributed by atoms with E-state index >= 15 is 0 Å².